The molecule has 3 heteroatoms. The highest BCUT2D eigenvalue weighted by atomic mass is 16.5. The lowest BCUT2D eigenvalue weighted by Crippen LogP contribution is -2.03. The number of aromatic nitrogens is 2. The first-order valence-corrected chi connectivity index (χ1v) is 5.36. The average molecular weight is 202 g/mol. The molecule has 1 aliphatic heterocycles. The molecule has 0 aromatic carbocycles. The zero-order valence-corrected chi connectivity index (χ0v) is 8.81. The van der Waals surface area contributed by atoms with E-state index in [2.05, 4.69) is 34.6 Å². The second-order valence-corrected chi connectivity index (χ2v) is 4.12. The second-order valence-electron chi connectivity index (χ2n) is 4.12. The molecule has 3 nitrogen and oxygen atoms in total. The van der Waals surface area contributed by atoms with E-state index < -0.39 is 0 Å². The molecule has 1 atom stereocenters. The van der Waals surface area contributed by atoms with E-state index in [4.69, 9.17) is 4.74 Å². The zero-order valence-electron chi connectivity index (χ0n) is 8.81. The molecule has 0 amide bonds. The van der Waals surface area contributed by atoms with Gasteiger partial charge in [0, 0.05) is 18.7 Å². The van der Waals surface area contributed by atoms with Gasteiger partial charge in [0.1, 0.15) is 5.82 Å². The quantitative estimate of drug-likeness (QED) is 0.708. The van der Waals surface area contributed by atoms with Gasteiger partial charge in [-0.25, -0.2) is 4.98 Å². The van der Waals surface area contributed by atoms with Crippen molar-refractivity contribution in [2.45, 2.75) is 19.3 Å². The topological polar surface area (TPSA) is 26.5 Å². The lowest BCUT2D eigenvalue weighted by atomic mass is 10.1. The highest BCUT2D eigenvalue weighted by Crippen LogP contribution is 2.25. The molecule has 0 saturated carbocycles. The maximum atomic E-state index is 5.41. The fourth-order valence-electron chi connectivity index (χ4n) is 2.22. The fourth-order valence-corrected chi connectivity index (χ4v) is 2.22. The van der Waals surface area contributed by atoms with Gasteiger partial charge >= 0.3 is 0 Å². The lowest BCUT2D eigenvalue weighted by molar-refractivity contribution is 0.193. The molecule has 0 radical (unpaired) electrons. The van der Waals surface area contributed by atoms with Gasteiger partial charge in [-0.05, 0) is 25.0 Å². The van der Waals surface area contributed by atoms with Gasteiger partial charge in [0.05, 0.1) is 18.3 Å². The summed E-state index contributed by atoms with van der Waals surface area (Å²) in [6.07, 6.45) is 5.14. The number of aryl methyl sites for hydroxylation is 1. The molecule has 1 fully saturated rings. The van der Waals surface area contributed by atoms with Crippen LogP contribution in [0.3, 0.4) is 0 Å². The van der Waals surface area contributed by atoms with Crippen LogP contribution < -0.4 is 0 Å². The Morgan fingerprint density at radius 1 is 1.53 bits per heavy atom. The molecule has 3 heterocycles. The van der Waals surface area contributed by atoms with Crippen LogP contribution in [-0.4, -0.2) is 22.6 Å². The lowest BCUT2D eigenvalue weighted by Gasteiger charge is -2.06. The van der Waals surface area contributed by atoms with E-state index in [-0.39, 0.29) is 0 Å². The first-order valence-electron chi connectivity index (χ1n) is 5.36. The normalized spacial score (nSPS) is 21.3. The minimum Gasteiger partial charge on any atom is -0.381 e. The highest BCUT2D eigenvalue weighted by molar-refractivity contribution is 5.53. The van der Waals surface area contributed by atoms with Gasteiger partial charge in [-0.2, -0.15) is 0 Å². The van der Waals surface area contributed by atoms with Crippen LogP contribution >= 0.6 is 0 Å². The Kier molecular flexibility index (Phi) is 1.99. The maximum absolute atomic E-state index is 5.41. The van der Waals surface area contributed by atoms with Crippen molar-refractivity contribution < 1.29 is 4.74 Å². The van der Waals surface area contributed by atoms with Crippen LogP contribution in [0.25, 0.3) is 5.52 Å². The summed E-state index contributed by atoms with van der Waals surface area (Å²) in [7, 11) is 0. The summed E-state index contributed by atoms with van der Waals surface area (Å²) in [5, 5.41) is 0. The summed E-state index contributed by atoms with van der Waals surface area (Å²) in [5.41, 5.74) is 2.48. The van der Waals surface area contributed by atoms with Crippen molar-refractivity contribution in [3.63, 3.8) is 0 Å². The zero-order chi connectivity index (χ0) is 10.3. The molecule has 0 aliphatic carbocycles. The van der Waals surface area contributed by atoms with Crippen LogP contribution in [0.5, 0.6) is 0 Å². The van der Waals surface area contributed by atoms with Gasteiger partial charge in [-0.1, -0.05) is 6.07 Å². The Morgan fingerprint density at radius 2 is 2.47 bits per heavy atom. The molecule has 0 bridgehead atoms. The SMILES string of the molecule is Cc1cccn2c(C3CCOC3)ncc12. The molecule has 78 valence electrons. The smallest absolute Gasteiger partial charge is 0.118 e. The van der Waals surface area contributed by atoms with Crippen molar-refractivity contribution in [2.24, 2.45) is 0 Å². The van der Waals surface area contributed by atoms with Crippen LogP contribution in [0.4, 0.5) is 0 Å². The highest BCUT2D eigenvalue weighted by Gasteiger charge is 2.21. The van der Waals surface area contributed by atoms with Crippen molar-refractivity contribution in [1.82, 2.24) is 9.38 Å². The third kappa shape index (κ3) is 1.35. The van der Waals surface area contributed by atoms with Gasteiger partial charge in [0.15, 0.2) is 0 Å². The van der Waals surface area contributed by atoms with Crippen LogP contribution in [0.1, 0.15) is 23.7 Å². The van der Waals surface area contributed by atoms with Crippen molar-refractivity contribution in [1.29, 1.82) is 0 Å². The van der Waals surface area contributed by atoms with E-state index in [9.17, 15) is 0 Å². The minimum absolute atomic E-state index is 0.467. The monoisotopic (exact) mass is 202 g/mol. The van der Waals surface area contributed by atoms with Gasteiger partial charge in [0.25, 0.3) is 0 Å². The van der Waals surface area contributed by atoms with Crippen molar-refractivity contribution in [3.05, 3.63) is 35.9 Å². The molecular formula is C12H14N2O. The predicted octanol–water partition coefficient (Wildman–Crippen LogP) is 2.15. The van der Waals surface area contributed by atoms with E-state index in [1.54, 1.807) is 0 Å². The van der Waals surface area contributed by atoms with Crippen LogP contribution in [0.2, 0.25) is 0 Å². The van der Waals surface area contributed by atoms with E-state index in [1.807, 2.05) is 6.20 Å². The number of hydrogen-bond donors (Lipinski definition) is 0. The molecule has 3 rings (SSSR count). The molecule has 1 aliphatic rings. The number of pyridine rings is 1. The maximum Gasteiger partial charge on any atom is 0.118 e. The Morgan fingerprint density at radius 3 is 3.27 bits per heavy atom. The average Bonchev–Trinajstić information content (AvgIpc) is 2.85. The molecular weight excluding hydrogens is 188 g/mol. The molecule has 0 spiro atoms. The summed E-state index contributed by atoms with van der Waals surface area (Å²) < 4.78 is 7.60. The number of rotatable bonds is 1. The Balaban J connectivity index is 2.15. The molecule has 2 aromatic heterocycles. The van der Waals surface area contributed by atoms with E-state index in [1.165, 1.54) is 11.1 Å². The number of ether oxygens (including phenoxy) is 1. The predicted molar refractivity (Wildman–Crippen MR) is 58.1 cm³/mol. The number of fused-ring (bicyclic) bond motifs is 1. The van der Waals surface area contributed by atoms with E-state index in [0.717, 1.165) is 25.5 Å². The van der Waals surface area contributed by atoms with Crippen molar-refractivity contribution >= 4 is 5.52 Å². The number of nitrogens with zero attached hydrogens (tertiary/aromatic N) is 2. The number of hydrogen-bond acceptors (Lipinski definition) is 2. The molecule has 15 heavy (non-hydrogen) atoms. The second kappa shape index (κ2) is 3.35. The summed E-state index contributed by atoms with van der Waals surface area (Å²) >= 11 is 0. The molecule has 1 saturated heterocycles. The van der Waals surface area contributed by atoms with E-state index >= 15 is 0 Å². The van der Waals surface area contributed by atoms with Crippen LogP contribution in [-0.2, 0) is 4.74 Å². The first kappa shape index (κ1) is 8.92. The molecule has 0 N–H and O–H groups in total. The van der Waals surface area contributed by atoms with Gasteiger partial charge in [-0.15, -0.1) is 0 Å². The number of imidazole rings is 1. The third-order valence-corrected chi connectivity index (χ3v) is 3.11. The fraction of sp³-hybridized carbons (Fsp3) is 0.417. The summed E-state index contributed by atoms with van der Waals surface area (Å²) in [4.78, 5) is 4.52. The van der Waals surface area contributed by atoms with Crippen molar-refractivity contribution in [3.8, 4) is 0 Å². The Hall–Kier alpha value is -1.35. The van der Waals surface area contributed by atoms with Gasteiger partial charge < -0.3 is 9.14 Å². The van der Waals surface area contributed by atoms with E-state index in [0.29, 0.717) is 5.92 Å². The Bertz CT molecular complexity index is 483. The van der Waals surface area contributed by atoms with Crippen LogP contribution in [0.15, 0.2) is 24.5 Å². The third-order valence-electron chi connectivity index (χ3n) is 3.11. The van der Waals surface area contributed by atoms with Crippen molar-refractivity contribution in [2.75, 3.05) is 13.2 Å². The molecule has 2 aromatic rings. The summed E-state index contributed by atoms with van der Waals surface area (Å²) in [5.74, 6) is 1.61. The van der Waals surface area contributed by atoms with Crippen LogP contribution in [0, 0.1) is 6.92 Å². The molecule has 1 unspecified atom stereocenters. The summed E-state index contributed by atoms with van der Waals surface area (Å²) in [6, 6.07) is 4.19. The largest absolute Gasteiger partial charge is 0.381 e. The summed E-state index contributed by atoms with van der Waals surface area (Å²) in [6.45, 7) is 3.80. The van der Waals surface area contributed by atoms with Gasteiger partial charge in [-0.3, -0.25) is 0 Å². The van der Waals surface area contributed by atoms with Gasteiger partial charge in [0.2, 0.25) is 0 Å². The first-order chi connectivity index (χ1) is 7.36. The Labute approximate surface area is 88.7 Å². The standard InChI is InChI=1S/C12H14N2O/c1-9-3-2-5-14-11(9)7-13-12(14)10-4-6-15-8-10/h2-3,5,7,10H,4,6,8H2,1H3. The minimum atomic E-state index is 0.467.